The zero-order valence-electron chi connectivity index (χ0n) is 12.5. The maximum absolute atomic E-state index is 12.3. The molecule has 2 aromatic heterocycles. The van der Waals surface area contributed by atoms with E-state index in [0.717, 1.165) is 16.0 Å². The summed E-state index contributed by atoms with van der Waals surface area (Å²) in [6.07, 6.45) is 0.138. The van der Waals surface area contributed by atoms with Crippen molar-refractivity contribution in [2.24, 2.45) is 0 Å². The minimum atomic E-state index is -4.95. The van der Waals surface area contributed by atoms with Crippen LogP contribution in [0.15, 0.2) is 53.7 Å². The van der Waals surface area contributed by atoms with Crippen molar-refractivity contribution in [2.45, 2.75) is 11.1 Å². The number of hydrogen-bond acceptors (Lipinski definition) is 3. The van der Waals surface area contributed by atoms with Crippen LogP contribution in [0, 0.1) is 0 Å². The third-order valence-electron chi connectivity index (χ3n) is 3.35. The molecule has 124 valence electrons. The van der Waals surface area contributed by atoms with E-state index in [0.29, 0.717) is 5.65 Å². The maximum atomic E-state index is 12.3. The zero-order valence-corrected chi connectivity index (χ0v) is 13.3. The molecular formula is C16H12F3N3OS. The minimum absolute atomic E-state index is 0.146. The summed E-state index contributed by atoms with van der Waals surface area (Å²) in [6, 6.07) is 11.4. The lowest BCUT2D eigenvalue weighted by Crippen LogP contribution is -2.30. The van der Waals surface area contributed by atoms with E-state index in [1.54, 1.807) is 33.7 Å². The molecule has 0 atom stereocenters. The lowest BCUT2D eigenvalue weighted by atomic mass is 10.1. The Hall–Kier alpha value is -2.48. The number of pyridine rings is 1. The Labute approximate surface area is 139 Å². The number of fused-ring (bicyclic) bond motifs is 1. The molecule has 0 radical (unpaired) electrons. The van der Waals surface area contributed by atoms with Crippen molar-refractivity contribution in [3.63, 3.8) is 0 Å². The lowest BCUT2D eigenvalue weighted by molar-refractivity contribution is -0.167. The Balaban J connectivity index is 1.93. The molecule has 0 unspecified atom stereocenters. The van der Waals surface area contributed by atoms with Crippen molar-refractivity contribution in [1.82, 2.24) is 9.38 Å². The Kier molecular flexibility index (Phi) is 4.23. The van der Waals surface area contributed by atoms with E-state index in [1.165, 1.54) is 6.20 Å². The van der Waals surface area contributed by atoms with Gasteiger partial charge in [0.25, 0.3) is 0 Å². The molecule has 3 rings (SSSR count). The first-order valence-electron chi connectivity index (χ1n) is 6.88. The highest BCUT2D eigenvalue weighted by Gasteiger charge is 2.39. The summed E-state index contributed by atoms with van der Waals surface area (Å²) in [5.41, 5.74) is 2.32. The quantitative estimate of drug-likeness (QED) is 0.719. The predicted octanol–water partition coefficient (Wildman–Crippen LogP) is 4.22. The van der Waals surface area contributed by atoms with Gasteiger partial charge in [-0.2, -0.15) is 13.2 Å². The summed E-state index contributed by atoms with van der Waals surface area (Å²) in [6.45, 7) is 0. The van der Waals surface area contributed by atoms with Crippen molar-refractivity contribution in [1.29, 1.82) is 0 Å². The molecule has 8 heteroatoms. The summed E-state index contributed by atoms with van der Waals surface area (Å²) in [4.78, 5) is 16.1. The molecule has 0 aliphatic carbocycles. The second-order valence-corrected chi connectivity index (χ2v) is 5.87. The summed E-state index contributed by atoms with van der Waals surface area (Å²) in [5.74, 6) is -2.19. The zero-order chi connectivity index (χ0) is 17.3. The number of hydrogen-bond donors (Lipinski definition) is 1. The van der Waals surface area contributed by atoms with E-state index >= 15 is 0 Å². The molecule has 0 aliphatic rings. The van der Waals surface area contributed by atoms with Crippen LogP contribution in [0.1, 0.15) is 0 Å². The van der Waals surface area contributed by atoms with Crippen molar-refractivity contribution < 1.29 is 18.0 Å². The number of aromatic nitrogens is 2. The molecule has 1 N–H and O–H groups in total. The Morgan fingerprint density at radius 1 is 1.17 bits per heavy atom. The predicted molar refractivity (Wildman–Crippen MR) is 87.1 cm³/mol. The van der Waals surface area contributed by atoms with E-state index in [1.807, 2.05) is 36.6 Å². The number of benzene rings is 1. The van der Waals surface area contributed by atoms with Crippen molar-refractivity contribution in [3.05, 3.63) is 48.8 Å². The maximum Gasteiger partial charge on any atom is 0.471 e. The summed E-state index contributed by atoms with van der Waals surface area (Å²) in [7, 11) is 0. The van der Waals surface area contributed by atoms with Gasteiger partial charge in [0.15, 0.2) is 5.82 Å². The van der Waals surface area contributed by atoms with Gasteiger partial charge in [0.1, 0.15) is 5.65 Å². The van der Waals surface area contributed by atoms with Crippen LogP contribution in [-0.4, -0.2) is 27.7 Å². The molecule has 1 aromatic carbocycles. The fraction of sp³-hybridized carbons (Fsp3) is 0.125. The van der Waals surface area contributed by atoms with Gasteiger partial charge in [-0.1, -0.05) is 12.1 Å². The molecule has 3 aromatic rings. The molecular weight excluding hydrogens is 339 g/mol. The number of anilines is 1. The Bertz CT molecular complexity index is 905. The van der Waals surface area contributed by atoms with Gasteiger partial charge < -0.3 is 9.72 Å². The van der Waals surface area contributed by atoms with Gasteiger partial charge in [0.05, 0.1) is 6.20 Å². The molecule has 2 heterocycles. The van der Waals surface area contributed by atoms with Crippen LogP contribution < -0.4 is 5.32 Å². The van der Waals surface area contributed by atoms with Crippen molar-refractivity contribution >= 4 is 29.1 Å². The topological polar surface area (TPSA) is 46.4 Å². The number of nitrogens with one attached hydrogen (secondary N) is 1. The lowest BCUT2D eigenvalue weighted by Gasteiger charge is -2.04. The fourth-order valence-corrected chi connectivity index (χ4v) is 2.67. The average molecular weight is 351 g/mol. The number of nitrogens with zero attached hydrogens (tertiary/aromatic N) is 2. The van der Waals surface area contributed by atoms with Crippen LogP contribution in [0.4, 0.5) is 19.0 Å². The number of alkyl halides is 3. The van der Waals surface area contributed by atoms with Crippen LogP contribution in [-0.2, 0) is 4.79 Å². The highest BCUT2D eigenvalue weighted by Crippen LogP contribution is 2.25. The largest absolute Gasteiger partial charge is 0.471 e. The number of halogens is 3. The molecule has 0 saturated carbocycles. The highest BCUT2D eigenvalue weighted by atomic mass is 32.2. The number of rotatable bonds is 3. The van der Waals surface area contributed by atoms with E-state index in [-0.39, 0.29) is 5.82 Å². The Morgan fingerprint density at radius 2 is 1.96 bits per heavy atom. The van der Waals surface area contributed by atoms with E-state index in [4.69, 9.17) is 0 Å². The van der Waals surface area contributed by atoms with Gasteiger partial charge in [-0.05, 0) is 41.6 Å². The van der Waals surface area contributed by atoms with Gasteiger partial charge in [0.2, 0.25) is 0 Å². The molecule has 0 aliphatic heterocycles. The summed E-state index contributed by atoms with van der Waals surface area (Å²) < 4.78 is 38.5. The third kappa shape index (κ3) is 3.38. The highest BCUT2D eigenvalue weighted by molar-refractivity contribution is 7.98. The van der Waals surface area contributed by atoms with Gasteiger partial charge in [-0.3, -0.25) is 4.79 Å². The van der Waals surface area contributed by atoms with Crippen LogP contribution in [0.3, 0.4) is 0 Å². The first-order valence-corrected chi connectivity index (χ1v) is 8.10. The number of imidazole rings is 1. The first kappa shape index (κ1) is 16.4. The van der Waals surface area contributed by atoms with Gasteiger partial charge >= 0.3 is 12.1 Å². The second-order valence-electron chi connectivity index (χ2n) is 4.99. The minimum Gasteiger partial charge on any atom is -0.304 e. The number of carbonyl (C=O) groups is 1. The smallest absolute Gasteiger partial charge is 0.304 e. The third-order valence-corrected chi connectivity index (χ3v) is 4.08. The number of carbonyl (C=O) groups excluding carboxylic acids is 1. The molecule has 0 spiro atoms. The molecule has 24 heavy (non-hydrogen) atoms. The van der Waals surface area contributed by atoms with Gasteiger partial charge in [-0.15, -0.1) is 11.8 Å². The van der Waals surface area contributed by atoms with E-state index in [9.17, 15) is 18.0 Å². The van der Waals surface area contributed by atoms with E-state index in [2.05, 4.69) is 4.98 Å². The van der Waals surface area contributed by atoms with Crippen molar-refractivity contribution in [2.75, 3.05) is 11.6 Å². The monoisotopic (exact) mass is 351 g/mol. The number of amides is 1. The molecule has 1 amide bonds. The van der Waals surface area contributed by atoms with Gasteiger partial charge in [0, 0.05) is 11.1 Å². The normalized spacial score (nSPS) is 11.7. The van der Waals surface area contributed by atoms with Crippen LogP contribution >= 0.6 is 11.8 Å². The van der Waals surface area contributed by atoms with Crippen LogP contribution in [0.25, 0.3) is 16.8 Å². The molecule has 0 saturated heterocycles. The van der Waals surface area contributed by atoms with Gasteiger partial charge in [-0.25, -0.2) is 4.98 Å². The average Bonchev–Trinajstić information content (AvgIpc) is 2.95. The molecule has 0 fully saturated rings. The van der Waals surface area contributed by atoms with Crippen LogP contribution in [0.2, 0.25) is 0 Å². The Morgan fingerprint density at radius 3 is 2.67 bits per heavy atom. The fourth-order valence-electron chi connectivity index (χ4n) is 2.21. The summed E-state index contributed by atoms with van der Waals surface area (Å²) >= 11 is 1.62. The summed E-state index contributed by atoms with van der Waals surface area (Å²) in [5, 5.41) is 1.75. The first-order chi connectivity index (χ1) is 11.4. The standard InChI is InChI=1S/C16H12F3N3OS/c1-24-12-4-2-3-10(7-12)11-5-6-14-20-13(9-22(14)8-11)21-15(23)16(17,18)19/h2-9H,1H3,(H,21,23). The van der Waals surface area contributed by atoms with Crippen molar-refractivity contribution in [3.8, 4) is 11.1 Å². The molecule has 4 nitrogen and oxygen atoms in total. The van der Waals surface area contributed by atoms with Crippen LogP contribution in [0.5, 0.6) is 0 Å². The van der Waals surface area contributed by atoms with E-state index < -0.39 is 12.1 Å². The SMILES string of the molecule is CSc1cccc(-c2ccc3nc(NC(=O)C(F)(F)F)cn3c2)c1. The second kappa shape index (κ2) is 6.20. The number of thioether (sulfide) groups is 1. The molecule has 0 bridgehead atoms.